The van der Waals surface area contributed by atoms with Gasteiger partial charge in [-0.1, -0.05) is 13.0 Å². The highest BCUT2D eigenvalue weighted by Crippen LogP contribution is 2.49. The van der Waals surface area contributed by atoms with Crippen molar-refractivity contribution in [1.82, 2.24) is 0 Å². The molecule has 0 aromatic heterocycles. The van der Waals surface area contributed by atoms with Crippen LogP contribution in [-0.4, -0.2) is 7.11 Å². The van der Waals surface area contributed by atoms with Crippen LogP contribution < -0.4 is 4.74 Å². The fourth-order valence-corrected chi connectivity index (χ4v) is 3.77. The minimum Gasteiger partial charge on any atom is -0.497 e. The number of rotatable bonds is 1. The van der Waals surface area contributed by atoms with E-state index in [-0.39, 0.29) is 5.41 Å². The Morgan fingerprint density at radius 1 is 1.26 bits per heavy atom. The zero-order valence-corrected chi connectivity index (χ0v) is 11.6. The SMILES string of the molecule is COc1ccc2c(c1)[C@]1(C)CCCC(C#N)=C1CC2. The fraction of sp³-hybridized carbons (Fsp3) is 0.471. The third-order valence-corrected chi connectivity index (χ3v) is 4.82. The monoisotopic (exact) mass is 253 g/mol. The molecule has 0 amide bonds. The molecule has 0 saturated carbocycles. The second-order valence-corrected chi connectivity index (χ2v) is 5.78. The number of benzene rings is 1. The molecule has 98 valence electrons. The van der Waals surface area contributed by atoms with Gasteiger partial charge in [0.25, 0.3) is 0 Å². The summed E-state index contributed by atoms with van der Waals surface area (Å²) in [5.41, 5.74) is 5.25. The highest BCUT2D eigenvalue weighted by atomic mass is 16.5. The first-order valence-electron chi connectivity index (χ1n) is 6.99. The second kappa shape index (κ2) is 4.42. The average Bonchev–Trinajstić information content (AvgIpc) is 2.45. The maximum Gasteiger partial charge on any atom is 0.119 e. The number of fused-ring (bicyclic) bond motifs is 3. The molecule has 2 heteroatoms. The maximum absolute atomic E-state index is 9.36. The van der Waals surface area contributed by atoms with Gasteiger partial charge in [-0.25, -0.2) is 0 Å². The first-order valence-corrected chi connectivity index (χ1v) is 6.99. The van der Waals surface area contributed by atoms with Crippen molar-refractivity contribution < 1.29 is 4.74 Å². The molecule has 0 radical (unpaired) electrons. The van der Waals surface area contributed by atoms with Gasteiger partial charge >= 0.3 is 0 Å². The van der Waals surface area contributed by atoms with Gasteiger partial charge in [0.1, 0.15) is 5.75 Å². The molecular formula is C17H19NO. The van der Waals surface area contributed by atoms with Crippen molar-refractivity contribution in [1.29, 1.82) is 5.26 Å². The number of methoxy groups -OCH3 is 1. The van der Waals surface area contributed by atoms with Crippen LogP contribution in [0.1, 0.15) is 43.7 Å². The zero-order chi connectivity index (χ0) is 13.5. The number of nitriles is 1. The number of hydrogen-bond donors (Lipinski definition) is 0. The third kappa shape index (κ3) is 1.76. The predicted molar refractivity (Wildman–Crippen MR) is 75.2 cm³/mol. The first kappa shape index (κ1) is 12.3. The van der Waals surface area contributed by atoms with Crippen LogP contribution in [-0.2, 0) is 11.8 Å². The molecule has 3 rings (SSSR count). The van der Waals surface area contributed by atoms with Gasteiger partial charge in [0.2, 0.25) is 0 Å². The van der Waals surface area contributed by atoms with Crippen LogP contribution in [0.3, 0.4) is 0 Å². The maximum atomic E-state index is 9.36. The van der Waals surface area contributed by atoms with Crippen molar-refractivity contribution in [3.8, 4) is 11.8 Å². The van der Waals surface area contributed by atoms with E-state index in [1.54, 1.807) is 7.11 Å². The molecule has 0 fully saturated rings. The predicted octanol–water partition coefficient (Wildman–Crippen LogP) is 3.90. The molecule has 0 spiro atoms. The highest BCUT2D eigenvalue weighted by Gasteiger charge is 2.39. The summed E-state index contributed by atoms with van der Waals surface area (Å²) in [6.45, 7) is 2.30. The largest absolute Gasteiger partial charge is 0.497 e. The van der Waals surface area contributed by atoms with Crippen molar-refractivity contribution in [2.75, 3.05) is 7.11 Å². The van der Waals surface area contributed by atoms with Crippen LogP contribution in [0.15, 0.2) is 29.3 Å². The molecule has 2 nitrogen and oxygen atoms in total. The van der Waals surface area contributed by atoms with E-state index in [1.807, 2.05) is 6.07 Å². The Morgan fingerprint density at radius 2 is 2.11 bits per heavy atom. The summed E-state index contributed by atoms with van der Waals surface area (Å²) >= 11 is 0. The zero-order valence-electron chi connectivity index (χ0n) is 11.6. The molecule has 2 aliphatic carbocycles. The third-order valence-electron chi connectivity index (χ3n) is 4.82. The topological polar surface area (TPSA) is 33.0 Å². The minimum absolute atomic E-state index is 0.0471. The molecule has 0 bridgehead atoms. The van der Waals surface area contributed by atoms with Gasteiger partial charge in [0.05, 0.1) is 13.2 Å². The molecule has 0 unspecified atom stereocenters. The number of nitrogens with zero attached hydrogens (tertiary/aromatic N) is 1. The van der Waals surface area contributed by atoms with E-state index in [0.717, 1.165) is 43.4 Å². The van der Waals surface area contributed by atoms with Crippen molar-refractivity contribution in [3.05, 3.63) is 40.5 Å². The molecular weight excluding hydrogens is 234 g/mol. The highest BCUT2D eigenvalue weighted by molar-refractivity contribution is 5.52. The Morgan fingerprint density at radius 3 is 2.84 bits per heavy atom. The average molecular weight is 253 g/mol. The summed E-state index contributed by atoms with van der Waals surface area (Å²) < 4.78 is 5.38. The Balaban J connectivity index is 2.20. The lowest BCUT2D eigenvalue weighted by Crippen LogP contribution is -2.33. The quantitative estimate of drug-likeness (QED) is 0.760. The molecule has 1 aromatic rings. The van der Waals surface area contributed by atoms with Gasteiger partial charge < -0.3 is 4.74 Å². The Kier molecular flexibility index (Phi) is 2.86. The molecule has 2 aliphatic rings. The lowest BCUT2D eigenvalue weighted by atomic mass is 9.61. The van der Waals surface area contributed by atoms with Crippen molar-refractivity contribution in [3.63, 3.8) is 0 Å². The van der Waals surface area contributed by atoms with Gasteiger partial charge in [0, 0.05) is 11.0 Å². The number of ether oxygens (including phenoxy) is 1. The van der Waals surface area contributed by atoms with E-state index in [2.05, 4.69) is 25.1 Å². The van der Waals surface area contributed by atoms with E-state index in [0.29, 0.717) is 0 Å². The van der Waals surface area contributed by atoms with Gasteiger partial charge in [-0.3, -0.25) is 0 Å². The van der Waals surface area contributed by atoms with Crippen molar-refractivity contribution in [2.24, 2.45) is 0 Å². The molecule has 19 heavy (non-hydrogen) atoms. The Labute approximate surface area is 114 Å². The van der Waals surface area contributed by atoms with Crippen LogP contribution in [0.5, 0.6) is 5.75 Å². The molecule has 0 N–H and O–H groups in total. The van der Waals surface area contributed by atoms with Crippen LogP contribution in [0.2, 0.25) is 0 Å². The summed E-state index contributed by atoms with van der Waals surface area (Å²) in [6, 6.07) is 8.85. The summed E-state index contributed by atoms with van der Waals surface area (Å²) in [6.07, 6.45) is 5.31. The summed E-state index contributed by atoms with van der Waals surface area (Å²) in [4.78, 5) is 0. The van der Waals surface area contributed by atoms with Crippen molar-refractivity contribution in [2.45, 2.75) is 44.4 Å². The summed E-state index contributed by atoms with van der Waals surface area (Å²) in [7, 11) is 1.71. The number of aryl methyl sites for hydroxylation is 1. The van der Waals surface area contributed by atoms with Crippen LogP contribution in [0.25, 0.3) is 0 Å². The Hall–Kier alpha value is -1.75. The molecule has 1 atom stereocenters. The number of allylic oxidation sites excluding steroid dienone is 2. The van der Waals surface area contributed by atoms with E-state index >= 15 is 0 Å². The molecule has 1 aromatic carbocycles. The normalized spacial score (nSPS) is 25.3. The standard InChI is InChI=1S/C17H19NO/c1-17-9-3-4-13(11-18)15(17)8-6-12-5-7-14(19-2)10-16(12)17/h5,7,10H,3-4,6,8-9H2,1-2H3/t17-/m1/s1. The molecule has 0 saturated heterocycles. The number of hydrogen-bond acceptors (Lipinski definition) is 2. The second-order valence-electron chi connectivity index (χ2n) is 5.78. The first-order chi connectivity index (χ1) is 9.19. The van der Waals surface area contributed by atoms with Gasteiger partial charge in [-0.05, 0) is 60.9 Å². The van der Waals surface area contributed by atoms with E-state index in [1.165, 1.54) is 16.7 Å². The van der Waals surface area contributed by atoms with Gasteiger partial charge in [-0.15, -0.1) is 0 Å². The van der Waals surface area contributed by atoms with E-state index in [4.69, 9.17) is 4.74 Å². The molecule has 0 heterocycles. The van der Waals surface area contributed by atoms with Crippen molar-refractivity contribution >= 4 is 0 Å². The fourth-order valence-electron chi connectivity index (χ4n) is 3.77. The van der Waals surface area contributed by atoms with Gasteiger partial charge in [0.15, 0.2) is 0 Å². The lowest BCUT2D eigenvalue weighted by Gasteiger charge is -2.42. The Bertz CT molecular complexity index is 594. The van der Waals surface area contributed by atoms with Crippen LogP contribution in [0.4, 0.5) is 0 Å². The summed E-state index contributed by atoms with van der Waals surface area (Å²) in [5, 5.41) is 9.36. The van der Waals surface area contributed by atoms with Crippen LogP contribution >= 0.6 is 0 Å². The van der Waals surface area contributed by atoms with E-state index in [9.17, 15) is 5.26 Å². The lowest BCUT2D eigenvalue weighted by molar-refractivity contribution is 0.401. The molecule has 0 aliphatic heterocycles. The van der Waals surface area contributed by atoms with E-state index < -0.39 is 0 Å². The van der Waals surface area contributed by atoms with Crippen LogP contribution in [0, 0.1) is 11.3 Å². The summed E-state index contributed by atoms with van der Waals surface area (Å²) in [5.74, 6) is 0.922. The smallest absolute Gasteiger partial charge is 0.119 e. The van der Waals surface area contributed by atoms with Gasteiger partial charge in [-0.2, -0.15) is 5.26 Å². The minimum atomic E-state index is 0.0471.